The number of rotatable bonds is 2. The van der Waals surface area contributed by atoms with E-state index >= 15 is 0 Å². The van der Waals surface area contributed by atoms with Gasteiger partial charge < -0.3 is 11.1 Å². The van der Waals surface area contributed by atoms with Gasteiger partial charge in [-0.15, -0.1) is 0 Å². The van der Waals surface area contributed by atoms with Crippen molar-refractivity contribution >= 4 is 34.5 Å². The number of thiophene rings is 1. The van der Waals surface area contributed by atoms with Crippen molar-refractivity contribution in [3.05, 3.63) is 51.2 Å². The minimum atomic E-state index is -0.152. The molecule has 0 aliphatic heterocycles. The van der Waals surface area contributed by atoms with Crippen molar-refractivity contribution in [3.63, 3.8) is 0 Å². The fourth-order valence-corrected chi connectivity index (χ4v) is 2.24. The van der Waals surface area contributed by atoms with E-state index in [-0.39, 0.29) is 12.5 Å². The zero-order chi connectivity index (χ0) is 13.7. The molecule has 0 saturated heterocycles. The first kappa shape index (κ1) is 13.6. The summed E-state index contributed by atoms with van der Waals surface area (Å²) in [6.45, 7) is 0.266. The smallest absolute Gasteiger partial charge is 0.256 e. The quantitative estimate of drug-likeness (QED) is 0.836. The van der Waals surface area contributed by atoms with Gasteiger partial charge in [0, 0.05) is 16.6 Å². The van der Waals surface area contributed by atoms with E-state index in [0.717, 1.165) is 0 Å². The minimum Gasteiger partial charge on any atom is -0.322 e. The minimum absolute atomic E-state index is 0.152. The third kappa shape index (κ3) is 3.58. The van der Waals surface area contributed by atoms with E-state index in [1.54, 1.807) is 29.6 Å². The van der Waals surface area contributed by atoms with Gasteiger partial charge in [-0.1, -0.05) is 23.4 Å². The first-order chi connectivity index (χ1) is 9.20. The number of halogens is 1. The van der Waals surface area contributed by atoms with Crippen molar-refractivity contribution in [1.82, 2.24) is 0 Å². The molecule has 0 bridgehead atoms. The molecule has 3 N–H and O–H groups in total. The molecule has 1 amide bonds. The van der Waals surface area contributed by atoms with Gasteiger partial charge in [0.25, 0.3) is 5.91 Å². The van der Waals surface area contributed by atoms with E-state index in [4.69, 9.17) is 17.3 Å². The molecule has 96 valence electrons. The molecule has 19 heavy (non-hydrogen) atoms. The lowest BCUT2D eigenvalue weighted by Crippen LogP contribution is -2.10. The first-order valence-corrected chi connectivity index (χ1v) is 6.85. The summed E-state index contributed by atoms with van der Waals surface area (Å²) in [6.07, 6.45) is 0. The Bertz CT molecular complexity index is 641. The van der Waals surface area contributed by atoms with Crippen LogP contribution >= 0.6 is 22.9 Å². The summed E-state index contributed by atoms with van der Waals surface area (Å²) in [5.74, 6) is 5.45. The second kappa shape index (κ2) is 6.39. The maximum Gasteiger partial charge on any atom is 0.256 e. The molecule has 0 atom stereocenters. The number of nitrogens with two attached hydrogens (primary N) is 1. The Hall–Kier alpha value is -1.80. The molecule has 1 aromatic heterocycles. The van der Waals surface area contributed by atoms with Crippen molar-refractivity contribution in [3.8, 4) is 11.8 Å². The molecule has 0 aliphatic carbocycles. The van der Waals surface area contributed by atoms with E-state index in [9.17, 15) is 4.79 Å². The zero-order valence-corrected chi connectivity index (χ0v) is 11.5. The Labute approximate surface area is 120 Å². The predicted octanol–water partition coefficient (Wildman–Crippen LogP) is 2.96. The normalized spacial score (nSPS) is 9.58. The van der Waals surface area contributed by atoms with Crippen molar-refractivity contribution in [2.45, 2.75) is 0 Å². The highest BCUT2D eigenvalue weighted by Crippen LogP contribution is 2.20. The van der Waals surface area contributed by atoms with Gasteiger partial charge in [0.05, 0.1) is 17.1 Å². The van der Waals surface area contributed by atoms with Crippen LogP contribution in [0.5, 0.6) is 0 Å². The summed E-state index contributed by atoms with van der Waals surface area (Å²) in [5.41, 5.74) is 7.26. The molecule has 5 heteroatoms. The Morgan fingerprint density at radius 2 is 2.26 bits per heavy atom. The molecule has 1 aromatic carbocycles. The lowest BCUT2D eigenvalue weighted by Gasteiger charge is -2.05. The van der Waals surface area contributed by atoms with Crippen molar-refractivity contribution in [2.24, 2.45) is 5.73 Å². The molecule has 1 heterocycles. The van der Waals surface area contributed by atoms with Crippen molar-refractivity contribution in [2.75, 3.05) is 11.9 Å². The molecule has 0 spiro atoms. The highest BCUT2D eigenvalue weighted by atomic mass is 35.5. The van der Waals surface area contributed by atoms with Crippen LogP contribution < -0.4 is 11.1 Å². The van der Waals surface area contributed by atoms with Gasteiger partial charge in [-0.25, -0.2) is 0 Å². The number of nitrogens with one attached hydrogen (secondary N) is 1. The summed E-state index contributed by atoms with van der Waals surface area (Å²) >= 11 is 7.49. The Balaban J connectivity index is 2.19. The molecule has 0 aliphatic rings. The van der Waals surface area contributed by atoms with Gasteiger partial charge in [0.15, 0.2) is 0 Å². The average Bonchev–Trinajstić information content (AvgIpc) is 2.93. The maximum atomic E-state index is 11.9. The van der Waals surface area contributed by atoms with Crippen LogP contribution in [0.3, 0.4) is 0 Å². The van der Waals surface area contributed by atoms with Gasteiger partial charge in [0.1, 0.15) is 0 Å². The fraction of sp³-hybridized carbons (Fsp3) is 0.0714. The Morgan fingerprint density at radius 1 is 1.42 bits per heavy atom. The molecule has 0 radical (unpaired) electrons. The van der Waals surface area contributed by atoms with Gasteiger partial charge in [-0.2, -0.15) is 11.3 Å². The number of benzene rings is 1. The largest absolute Gasteiger partial charge is 0.322 e. The summed E-state index contributed by atoms with van der Waals surface area (Å²) in [4.78, 5) is 11.9. The lowest BCUT2D eigenvalue weighted by atomic mass is 10.2. The van der Waals surface area contributed by atoms with Crippen LogP contribution in [0.2, 0.25) is 5.02 Å². The van der Waals surface area contributed by atoms with Crippen molar-refractivity contribution < 1.29 is 4.79 Å². The van der Waals surface area contributed by atoms with Crippen LogP contribution in [0.4, 0.5) is 5.69 Å². The van der Waals surface area contributed by atoms with E-state index in [1.807, 2.05) is 5.38 Å². The molecule has 0 fully saturated rings. The SMILES string of the molecule is NCC#Cc1cc(NC(=O)c2ccsc2)ccc1Cl. The predicted molar refractivity (Wildman–Crippen MR) is 79.7 cm³/mol. The fourth-order valence-electron chi connectivity index (χ4n) is 1.44. The lowest BCUT2D eigenvalue weighted by molar-refractivity contribution is 0.102. The second-order valence-electron chi connectivity index (χ2n) is 3.67. The van der Waals surface area contributed by atoms with Gasteiger partial charge in [-0.3, -0.25) is 4.79 Å². The summed E-state index contributed by atoms with van der Waals surface area (Å²) in [7, 11) is 0. The van der Waals surface area contributed by atoms with Crippen molar-refractivity contribution in [1.29, 1.82) is 0 Å². The second-order valence-corrected chi connectivity index (χ2v) is 4.85. The first-order valence-electron chi connectivity index (χ1n) is 5.53. The van der Waals surface area contributed by atoms with Gasteiger partial charge in [-0.05, 0) is 29.6 Å². The number of hydrogen-bond donors (Lipinski definition) is 2. The van der Waals surface area contributed by atoms with E-state index in [2.05, 4.69) is 17.2 Å². The molecular formula is C14H11ClN2OS. The molecule has 0 saturated carbocycles. The van der Waals surface area contributed by atoms with E-state index in [0.29, 0.717) is 21.8 Å². The summed E-state index contributed by atoms with van der Waals surface area (Å²) < 4.78 is 0. The maximum absolute atomic E-state index is 11.9. The van der Waals surface area contributed by atoms with Crippen LogP contribution in [0.1, 0.15) is 15.9 Å². The van der Waals surface area contributed by atoms with Crippen LogP contribution in [0.15, 0.2) is 35.0 Å². The van der Waals surface area contributed by atoms with Crippen LogP contribution in [-0.2, 0) is 0 Å². The number of anilines is 1. The van der Waals surface area contributed by atoms with Gasteiger partial charge in [0.2, 0.25) is 0 Å². The third-order valence-corrected chi connectivity index (χ3v) is 3.35. The monoisotopic (exact) mass is 290 g/mol. The number of amides is 1. The molecule has 2 aromatic rings. The number of carbonyl (C=O) groups excluding carboxylic acids is 1. The summed E-state index contributed by atoms with van der Waals surface area (Å²) in [6, 6.07) is 6.94. The Morgan fingerprint density at radius 3 is 2.95 bits per heavy atom. The molecule has 3 nitrogen and oxygen atoms in total. The van der Waals surface area contributed by atoms with E-state index < -0.39 is 0 Å². The van der Waals surface area contributed by atoms with Gasteiger partial charge >= 0.3 is 0 Å². The molecule has 2 rings (SSSR count). The number of hydrogen-bond acceptors (Lipinski definition) is 3. The third-order valence-electron chi connectivity index (χ3n) is 2.33. The topological polar surface area (TPSA) is 55.1 Å². The molecular weight excluding hydrogens is 280 g/mol. The van der Waals surface area contributed by atoms with E-state index in [1.165, 1.54) is 11.3 Å². The van der Waals surface area contributed by atoms with Crippen LogP contribution in [0, 0.1) is 11.8 Å². The highest BCUT2D eigenvalue weighted by molar-refractivity contribution is 7.08. The standard InChI is InChI=1S/C14H11ClN2OS/c15-13-4-3-12(8-10(13)2-1-6-16)17-14(18)11-5-7-19-9-11/h3-5,7-9H,6,16H2,(H,17,18). The van der Waals surface area contributed by atoms with Crippen LogP contribution in [-0.4, -0.2) is 12.5 Å². The molecule has 0 unspecified atom stereocenters. The highest BCUT2D eigenvalue weighted by Gasteiger charge is 2.07. The van der Waals surface area contributed by atoms with Crippen LogP contribution in [0.25, 0.3) is 0 Å². The zero-order valence-electron chi connectivity index (χ0n) is 9.94. The average molecular weight is 291 g/mol. The summed E-state index contributed by atoms with van der Waals surface area (Å²) in [5, 5.41) is 6.98. The number of carbonyl (C=O) groups is 1. The Kier molecular flexibility index (Phi) is 4.58.